The highest BCUT2D eigenvalue weighted by Crippen LogP contribution is 2.30. The van der Waals surface area contributed by atoms with Crippen LogP contribution in [0.3, 0.4) is 0 Å². The Kier molecular flexibility index (Phi) is 4.48. The van der Waals surface area contributed by atoms with Crippen molar-refractivity contribution < 1.29 is 0 Å². The third-order valence-corrected chi connectivity index (χ3v) is 5.62. The molecular formula is C20H21ClN4O2. The Morgan fingerprint density at radius 1 is 1.26 bits per heavy atom. The number of halogens is 1. The quantitative estimate of drug-likeness (QED) is 0.807. The van der Waals surface area contributed by atoms with Crippen molar-refractivity contribution in [3.05, 3.63) is 55.7 Å². The summed E-state index contributed by atoms with van der Waals surface area (Å²) >= 11 is 6.00. The van der Waals surface area contributed by atoms with E-state index in [0.717, 1.165) is 18.4 Å². The van der Waals surface area contributed by atoms with E-state index < -0.39 is 6.17 Å². The van der Waals surface area contributed by atoms with E-state index in [9.17, 15) is 9.59 Å². The molecule has 1 unspecified atom stereocenters. The number of aromatic nitrogens is 2. The van der Waals surface area contributed by atoms with Gasteiger partial charge in [0.25, 0.3) is 5.56 Å². The second-order valence-corrected chi connectivity index (χ2v) is 7.63. The van der Waals surface area contributed by atoms with Crippen LogP contribution in [0.15, 0.2) is 33.9 Å². The highest BCUT2D eigenvalue weighted by molar-refractivity contribution is 6.30. The van der Waals surface area contributed by atoms with Gasteiger partial charge in [-0.25, -0.2) is 4.79 Å². The molecule has 1 aromatic heterocycles. The number of hydrogen-bond donors (Lipinski definition) is 1. The van der Waals surface area contributed by atoms with Gasteiger partial charge in [-0.1, -0.05) is 35.9 Å². The molecule has 1 saturated carbocycles. The van der Waals surface area contributed by atoms with Crippen molar-refractivity contribution in [2.45, 2.75) is 32.0 Å². The van der Waals surface area contributed by atoms with Crippen molar-refractivity contribution in [2.75, 3.05) is 17.3 Å². The topological polar surface area (TPSA) is 59.3 Å². The fraction of sp³-hybridized carbons (Fsp3) is 0.400. The third-order valence-electron chi connectivity index (χ3n) is 5.38. The van der Waals surface area contributed by atoms with Gasteiger partial charge >= 0.3 is 5.69 Å². The van der Waals surface area contributed by atoms with Gasteiger partial charge in [0.2, 0.25) is 0 Å². The van der Waals surface area contributed by atoms with Gasteiger partial charge in [0.15, 0.2) is 6.17 Å². The predicted octanol–water partition coefficient (Wildman–Crippen LogP) is 2.24. The van der Waals surface area contributed by atoms with Crippen LogP contribution in [0.25, 0.3) is 0 Å². The largest absolute Gasteiger partial charge is 0.339 e. The van der Waals surface area contributed by atoms with Crippen LogP contribution < -0.4 is 21.5 Å². The van der Waals surface area contributed by atoms with E-state index in [-0.39, 0.29) is 11.2 Å². The number of rotatable bonds is 2. The summed E-state index contributed by atoms with van der Waals surface area (Å²) in [5.74, 6) is 7.14. The van der Waals surface area contributed by atoms with Crippen molar-refractivity contribution >= 4 is 23.1 Å². The molecule has 1 aromatic carbocycles. The highest BCUT2D eigenvalue weighted by Gasteiger charge is 2.32. The summed E-state index contributed by atoms with van der Waals surface area (Å²) < 4.78 is 2.88. The Balaban J connectivity index is 1.69. The summed E-state index contributed by atoms with van der Waals surface area (Å²) in [7, 11) is 3.50. The smallest absolute Gasteiger partial charge is 0.332 e. The molecule has 1 N–H and O–H groups in total. The molecule has 4 rings (SSSR count). The second kappa shape index (κ2) is 6.82. The molecule has 27 heavy (non-hydrogen) atoms. The van der Waals surface area contributed by atoms with E-state index >= 15 is 0 Å². The van der Waals surface area contributed by atoms with Gasteiger partial charge in [0.1, 0.15) is 11.5 Å². The lowest BCUT2D eigenvalue weighted by Gasteiger charge is -2.26. The van der Waals surface area contributed by atoms with Crippen molar-refractivity contribution in [1.29, 1.82) is 0 Å². The zero-order valence-electron chi connectivity index (χ0n) is 15.3. The fourth-order valence-electron chi connectivity index (χ4n) is 3.54. The standard InChI is InChI=1S/C20H21ClN4O2/c1-23-16(10-9-13-5-4-8-15(21)11-13)22-18-17(23)19(26)25(20(27)24(18)2)12-14-6-3-7-14/h4-5,8,11,14,16,22H,3,6-7,12H2,1-2H3. The van der Waals surface area contributed by atoms with Crippen LogP contribution >= 0.6 is 11.6 Å². The first-order valence-corrected chi connectivity index (χ1v) is 9.44. The van der Waals surface area contributed by atoms with Crippen LogP contribution in [0, 0.1) is 17.8 Å². The molecule has 140 valence electrons. The van der Waals surface area contributed by atoms with Gasteiger partial charge in [0, 0.05) is 31.2 Å². The third kappa shape index (κ3) is 3.13. The van der Waals surface area contributed by atoms with E-state index in [0.29, 0.717) is 29.0 Å². The number of anilines is 2. The minimum absolute atomic E-state index is 0.248. The van der Waals surface area contributed by atoms with E-state index in [1.54, 1.807) is 24.1 Å². The van der Waals surface area contributed by atoms with Crippen molar-refractivity contribution in [3.8, 4) is 11.8 Å². The maximum atomic E-state index is 13.0. The number of fused-ring (bicyclic) bond motifs is 1. The average molecular weight is 385 g/mol. The fourth-order valence-corrected chi connectivity index (χ4v) is 3.73. The SMILES string of the molecule is CN1c2c(n(C)c(=O)n(CC3CCC3)c2=O)NC1C#Cc1cccc(Cl)c1. The molecule has 2 aliphatic rings. The Hall–Kier alpha value is -2.65. The number of benzene rings is 1. The molecule has 1 aliphatic heterocycles. The summed E-state index contributed by atoms with van der Waals surface area (Å²) in [5, 5.41) is 3.82. The van der Waals surface area contributed by atoms with Gasteiger partial charge < -0.3 is 10.2 Å². The lowest BCUT2D eigenvalue weighted by atomic mass is 9.85. The lowest BCUT2D eigenvalue weighted by molar-refractivity contribution is 0.268. The highest BCUT2D eigenvalue weighted by atomic mass is 35.5. The second-order valence-electron chi connectivity index (χ2n) is 7.19. The molecule has 6 nitrogen and oxygen atoms in total. The minimum Gasteiger partial charge on any atom is -0.339 e. The summed E-state index contributed by atoms with van der Waals surface area (Å²) in [6.07, 6.45) is 2.94. The predicted molar refractivity (Wildman–Crippen MR) is 107 cm³/mol. The normalized spacial score (nSPS) is 18.3. The minimum atomic E-state index is -0.392. The van der Waals surface area contributed by atoms with Crippen molar-refractivity contribution in [3.63, 3.8) is 0 Å². The first-order chi connectivity index (χ1) is 13.0. The zero-order chi connectivity index (χ0) is 19.1. The van der Waals surface area contributed by atoms with Crippen LogP contribution in [-0.2, 0) is 13.6 Å². The van der Waals surface area contributed by atoms with Gasteiger partial charge in [-0.05, 0) is 37.0 Å². The van der Waals surface area contributed by atoms with Crippen LogP contribution in [0.4, 0.5) is 11.5 Å². The zero-order valence-corrected chi connectivity index (χ0v) is 16.1. The monoisotopic (exact) mass is 384 g/mol. The molecular weight excluding hydrogens is 364 g/mol. The van der Waals surface area contributed by atoms with Gasteiger partial charge in [0.05, 0.1) is 0 Å². The molecule has 0 saturated heterocycles. The summed E-state index contributed by atoms with van der Waals surface area (Å²) in [6.45, 7) is 0.492. The molecule has 2 aromatic rings. The molecule has 1 atom stereocenters. The van der Waals surface area contributed by atoms with Crippen LogP contribution in [-0.4, -0.2) is 22.3 Å². The van der Waals surface area contributed by atoms with Crippen LogP contribution in [0.2, 0.25) is 5.02 Å². The molecule has 1 fully saturated rings. The first kappa shape index (κ1) is 17.7. The molecule has 0 bridgehead atoms. The number of hydrogen-bond acceptors (Lipinski definition) is 4. The van der Waals surface area contributed by atoms with Gasteiger partial charge in [-0.3, -0.25) is 13.9 Å². The first-order valence-electron chi connectivity index (χ1n) is 9.06. The Bertz CT molecular complexity index is 1070. The maximum Gasteiger partial charge on any atom is 0.332 e. The van der Waals surface area contributed by atoms with Crippen molar-refractivity contribution in [2.24, 2.45) is 13.0 Å². The van der Waals surface area contributed by atoms with Gasteiger partial charge in [-0.15, -0.1) is 0 Å². The van der Waals surface area contributed by atoms with E-state index in [1.807, 2.05) is 19.2 Å². The molecule has 0 spiro atoms. The Morgan fingerprint density at radius 2 is 2.04 bits per heavy atom. The Labute approximate surface area is 162 Å². The molecule has 0 radical (unpaired) electrons. The van der Waals surface area contributed by atoms with E-state index in [2.05, 4.69) is 17.2 Å². The number of nitrogens with zero attached hydrogens (tertiary/aromatic N) is 3. The maximum absolute atomic E-state index is 13.0. The molecule has 0 amide bonds. The summed E-state index contributed by atoms with van der Waals surface area (Å²) in [6, 6.07) is 7.30. The summed E-state index contributed by atoms with van der Waals surface area (Å²) in [4.78, 5) is 27.5. The average Bonchev–Trinajstić information content (AvgIpc) is 2.93. The lowest BCUT2D eigenvalue weighted by Crippen LogP contribution is -2.43. The summed E-state index contributed by atoms with van der Waals surface area (Å²) in [5.41, 5.74) is 0.754. The van der Waals surface area contributed by atoms with Crippen LogP contribution in [0.5, 0.6) is 0 Å². The molecule has 1 aliphatic carbocycles. The number of nitrogens with one attached hydrogen (secondary N) is 1. The Morgan fingerprint density at radius 3 is 2.70 bits per heavy atom. The molecule has 7 heteroatoms. The van der Waals surface area contributed by atoms with Gasteiger partial charge in [-0.2, -0.15) is 0 Å². The van der Waals surface area contributed by atoms with E-state index in [4.69, 9.17) is 11.6 Å². The van der Waals surface area contributed by atoms with Crippen molar-refractivity contribution in [1.82, 2.24) is 9.13 Å². The molecule has 2 heterocycles. The van der Waals surface area contributed by atoms with Crippen LogP contribution in [0.1, 0.15) is 24.8 Å². The van der Waals surface area contributed by atoms with E-state index in [1.165, 1.54) is 15.6 Å².